The van der Waals surface area contributed by atoms with Crippen molar-refractivity contribution in [2.75, 3.05) is 48.3 Å². The standard InChI is InChI=1S/C24H27ClN10OS/c1-16-4-3-5-18(25)20(16)30-21(36)19-14-27-24(37-19)32-22-28-17(2)29-23(31-22)35-12-10-33(11-13-35)8-9-34-7-6-26-15-34/h3-7,14-15H,8-13H2,1-2H3,(H,30,36)(H,27,28,29,31,32). The number of halogens is 1. The molecular weight excluding hydrogens is 512 g/mol. The number of thiazole rings is 1. The number of hydrogen-bond acceptors (Lipinski definition) is 10. The highest BCUT2D eigenvalue weighted by molar-refractivity contribution is 7.17. The summed E-state index contributed by atoms with van der Waals surface area (Å²) in [6.07, 6.45) is 7.15. The van der Waals surface area contributed by atoms with Gasteiger partial charge in [0.25, 0.3) is 5.91 Å². The highest BCUT2D eigenvalue weighted by Crippen LogP contribution is 2.28. The molecule has 1 aliphatic heterocycles. The maximum Gasteiger partial charge on any atom is 0.267 e. The van der Waals surface area contributed by atoms with E-state index in [0.717, 1.165) is 44.8 Å². The highest BCUT2D eigenvalue weighted by atomic mass is 35.5. The van der Waals surface area contributed by atoms with Gasteiger partial charge in [0.2, 0.25) is 11.9 Å². The zero-order chi connectivity index (χ0) is 25.8. The van der Waals surface area contributed by atoms with Crippen LogP contribution in [0.4, 0.5) is 22.7 Å². The minimum Gasteiger partial charge on any atom is -0.338 e. The van der Waals surface area contributed by atoms with Crippen LogP contribution in [0.15, 0.2) is 43.1 Å². The Labute approximate surface area is 223 Å². The van der Waals surface area contributed by atoms with E-state index in [4.69, 9.17) is 11.6 Å². The third kappa shape index (κ3) is 6.21. The predicted octanol–water partition coefficient (Wildman–Crippen LogP) is 3.61. The molecule has 1 aromatic carbocycles. The van der Waals surface area contributed by atoms with Crippen LogP contribution in [0.3, 0.4) is 0 Å². The molecule has 37 heavy (non-hydrogen) atoms. The summed E-state index contributed by atoms with van der Waals surface area (Å²) < 4.78 is 2.09. The molecule has 13 heteroatoms. The summed E-state index contributed by atoms with van der Waals surface area (Å²) >= 11 is 7.45. The molecule has 5 rings (SSSR count). The van der Waals surface area contributed by atoms with Crippen LogP contribution >= 0.6 is 22.9 Å². The smallest absolute Gasteiger partial charge is 0.267 e. The zero-order valence-electron chi connectivity index (χ0n) is 20.6. The van der Waals surface area contributed by atoms with Crippen molar-refractivity contribution >= 4 is 51.6 Å². The number of para-hydroxylation sites is 1. The number of benzene rings is 1. The third-order valence-corrected chi connectivity index (χ3v) is 7.26. The number of aromatic nitrogens is 6. The molecule has 3 aromatic heterocycles. The predicted molar refractivity (Wildman–Crippen MR) is 145 cm³/mol. The van der Waals surface area contributed by atoms with E-state index in [9.17, 15) is 4.79 Å². The molecule has 1 amide bonds. The number of aryl methyl sites for hydroxylation is 2. The topological polar surface area (TPSA) is 117 Å². The Morgan fingerprint density at radius 1 is 1.11 bits per heavy atom. The van der Waals surface area contributed by atoms with Crippen LogP contribution < -0.4 is 15.5 Å². The summed E-state index contributed by atoms with van der Waals surface area (Å²) in [4.78, 5) is 39.8. The van der Waals surface area contributed by atoms with Gasteiger partial charge in [-0.1, -0.05) is 35.1 Å². The number of hydrogen-bond donors (Lipinski definition) is 2. The van der Waals surface area contributed by atoms with E-state index < -0.39 is 0 Å². The SMILES string of the molecule is Cc1nc(Nc2ncc(C(=O)Nc3c(C)cccc3Cl)s2)nc(N2CCN(CCn3ccnc3)CC2)n1. The lowest BCUT2D eigenvalue weighted by molar-refractivity contribution is 0.103. The molecule has 0 saturated carbocycles. The van der Waals surface area contributed by atoms with Crippen molar-refractivity contribution in [3.63, 3.8) is 0 Å². The molecule has 0 atom stereocenters. The fraction of sp³-hybridized carbons (Fsp3) is 0.333. The number of nitrogens with one attached hydrogen (secondary N) is 2. The zero-order valence-corrected chi connectivity index (χ0v) is 22.1. The van der Waals surface area contributed by atoms with Crippen molar-refractivity contribution in [2.24, 2.45) is 0 Å². The van der Waals surface area contributed by atoms with E-state index >= 15 is 0 Å². The number of carbonyl (C=O) groups excluding carboxylic acids is 1. The Bertz CT molecular complexity index is 1350. The number of imidazole rings is 1. The first-order valence-corrected chi connectivity index (χ1v) is 13.1. The molecule has 0 aliphatic carbocycles. The van der Waals surface area contributed by atoms with Crippen molar-refractivity contribution in [1.82, 2.24) is 34.4 Å². The fourth-order valence-corrected chi connectivity index (χ4v) is 4.98. The van der Waals surface area contributed by atoms with Crippen molar-refractivity contribution in [1.29, 1.82) is 0 Å². The van der Waals surface area contributed by atoms with Crippen LogP contribution in [0.2, 0.25) is 5.02 Å². The van der Waals surface area contributed by atoms with E-state index in [-0.39, 0.29) is 5.91 Å². The molecule has 4 heterocycles. The van der Waals surface area contributed by atoms with Crippen LogP contribution in [0.1, 0.15) is 21.1 Å². The lowest BCUT2D eigenvalue weighted by Gasteiger charge is -2.34. The number of nitrogens with zero attached hydrogens (tertiary/aromatic N) is 8. The molecule has 0 unspecified atom stereocenters. The monoisotopic (exact) mass is 538 g/mol. The summed E-state index contributed by atoms with van der Waals surface area (Å²) in [5.74, 6) is 1.36. The molecule has 192 valence electrons. The van der Waals surface area contributed by atoms with Crippen molar-refractivity contribution in [3.8, 4) is 0 Å². The van der Waals surface area contributed by atoms with Gasteiger partial charge in [-0.15, -0.1) is 0 Å². The summed E-state index contributed by atoms with van der Waals surface area (Å²) in [6, 6.07) is 5.48. The highest BCUT2D eigenvalue weighted by Gasteiger charge is 2.21. The maximum absolute atomic E-state index is 12.8. The van der Waals surface area contributed by atoms with Gasteiger partial charge in [-0.3, -0.25) is 15.0 Å². The second-order valence-corrected chi connectivity index (χ2v) is 10.1. The summed E-state index contributed by atoms with van der Waals surface area (Å²) in [5, 5.41) is 7.00. The van der Waals surface area contributed by atoms with Crippen LogP contribution in [0.25, 0.3) is 0 Å². The Hall–Kier alpha value is -3.61. The Morgan fingerprint density at radius 3 is 2.70 bits per heavy atom. The summed E-state index contributed by atoms with van der Waals surface area (Å²) in [6.45, 7) is 9.14. The van der Waals surface area contributed by atoms with Gasteiger partial charge in [0, 0.05) is 51.7 Å². The van der Waals surface area contributed by atoms with Gasteiger partial charge in [0.1, 0.15) is 10.7 Å². The number of anilines is 4. The first-order chi connectivity index (χ1) is 17.9. The van der Waals surface area contributed by atoms with Crippen LogP contribution in [-0.4, -0.2) is 73.0 Å². The van der Waals surface area contributed by atoms with Crippen molar-refractivity contribution in [2.45, 2.75) is 20.4 Å². The Balaban J connectivity index is 1.19. The quantitative estimate of drug-likeness (QED) is 0.347. The molecule has 2 N–H and O–H groups in total. The number of rotatable bonds is 8. The van der Waals surface area contributed by atoms with E-state index in [0.29, 0.717) is 38.4 Å². The second-order valence-electron chi connectivity index (χ2n) is 8.68. The first kappa shape index (κ1) is 25.1. The van der Waals surface area contributed by atoms with Gasteiger partial charge in [-0.05, 0) is 25.5 Å². The summed E-state index contributed by atoms with van der Waals surface area (Å²) in [5.41, 5.74) is 1.48. The molecule has 11 nitrogen and oxygen atoms in total. The van der Waals surface area contributed by atoms with Crippen molar-refractivity contribution < 1.29 is 4.79 Å². The maximum atomic E-state index is 12.8. The normalized spacial score (nSPS) is 14.1. The van der Waals surface area contributed by atoms with Crippen LogP contribution in [0, 0.1) is 13.8 Å². The first-order valence-electron chi connectivity index (χ1n) is 11.9. The van der Waals surface area contributed by atoms with Crippen LogP contribution in [0.5, 0.6) is 0 Å². The van der Waals surface area contributed by atoms with Crippen molar-refractivity contribution in [3.05, 3.63) is 64.4 Å². The Kier molecular flexibility index (Phi) is 7.58. The van der Waals surface area contributed by atoms with E-state index in [1.165, 1.54) is 17.5 Å². The van der Waals surface area contributed by atoms with Gasteiger partial charge >= 0.3 is 0 Å². The third-order valence-electron chi connectivity index (χ3n) is 6.03. The minimum absolute atomic E-state index is 0.278. The number of piperazine rings is 1. The molecular formula is C24H27ClN10OS. The van der Waals surface area contributed by atoms with Crippen LogP contribution in [-0.2, 0) is 6.54 Å². The molecule has 0 spiro atoms. The van der Waals surface area contributed by atoms with E-state index in [1.807, 2.05) is 38.5 Å². The lowest BCUT2D eigenvalue weighted by Crippen LogP contribution is -2.47. The van der Waals surface area contributed by atoms with E-state index in [1.54, 1.807) is 12.3 Å². The van der Waals surface area contributed by atoms with Gasteiger partial charge in [-0.25, -0.2) is 9.97 Å². The van der Waals surface area contributed by atoms with E-state index in [2.05, 4.69) is 49.9 Å². The summed E-state index contributed by atoms with van der Waals surface area (Å²) in [7, 11) is 0. The average molecular weight is 539 g/mol. The number of amides is 1. The average Bonchev–Trinajstić information content (AvgIpc) is 3.57. The minimum atomic E-state index is -0.278. The lowest BCUT2D eigenvalue weighted by atomic mass is 10.2. The van der Waals surface area contributed by atoms with Gasteiger partial charge in [0.05, 0.1) is 23.2 Å². The largest absolute Gasteiger partial charge is 0.338 e. The van der Waals surface area contributed by atoms with Gasteiger partial charge in [-0.2, -0.15) is 15.0 Å². The molecule has 0 radical (unpaired) electrons. The molecule has 1 fully saturated rings. The van der Waals surface area contributed by atoms with Gasteiger partial charge < -0.3 is 14.8 Å². The Morgan fingerprint density at radius 2 is 1.95 bits per heavy atom. The second kappa shape index (κ2) is 11.2. The molecule has 4 aromatic rings. The molecule has 0 bridgehead atoms. The van der Waals surface area contributed by atoms with Gasteiger partial charge in [0.15, 0.2) is 5.13 Å². The number of carbonyl (C=O) groups is 1. The molecule has 1 aliphatic rings. The molecule has 1 saturated heterocycles. The fourth-order valence-electron chi connectivity index (χ4n) is 4.01.